The first kappa shape index (κ1) is 12.9. The summed E-state index contributed by atoms with van der Waals surface area (Å²) in [6, 6.07) is 12.8. The second kappa shape index (κ2) is 6.41. The first-order valence-electron chi connectivity index (χ1n) is 6.06. The lowest BCUT2D eigenvalue weighted by atomic mass is 10.1. The Balaban J connectivity index is 1.76. The van der Waals surface area contributed by atoms with Crippen LogP contribution in [0.15, 0.2) is 47.1 Å². The van der Waals surface area contributed by atoms with Gasteiger partial charge in [0.1, 0.15) is 5.76 Å². The summed E-state index contributed by atoms with van der Waals surface area (Å²) in [4.78, 5) is 11.7. The van der Waals surface area contributed by atoms with Gasteiger partial charge in [0.2, 0.25) is 5.91 Å². The Morgan fingerprint density at radius 2 is 2.05 bits per heavy atom. The van der Waals surface area contributed by atoms with Crippen LogP contribution >= 0.6 is 0 Å². The minimum absolute atomic E-state index is 0.0312. The van der Waals surface area contributed by atoms with Gasteiger partial charge in [-0.2, -0.15) is 5.26 Å². The van der Waals surface area contributed by atoms with Crippen molar-refractivity contribution in [3.63, 3.8) is 0 Å². The molecule has 1 N–H and O–H groups in total. The molecule has 2 rings (SSSR count). The van der Waals surface area contributed by atoms with Crippen molar-refractivity contribution < 1.29 is 9.21 Å². The molecule has 1 amide bonds. The molecule has 1 aromatic heterocycles. The molecule has 0 fully saturated rings. The van der Waals surface area contributed by atoms with Gasteiger partial charge in [-0.3, -0.25) is 4.79 Å². The summed E-state index contributed by atoms with van der Waals surface area (Å²) in [6.07, 6.45) is 2.63. The van der Waals surface area contributed by atoms with Crippen LogP contribution in [-0.2, 0) is 17.6 Å². The highest BCUT2D eigenvalue weighted by Gasteiger charge is 2.03. The number of carbonyl (C=O) groups is 1. The average molecular weight is 254 g/mol. The number of carbonyl (C=O) groups excluding carboxylic acids is 1. The molecule has 0 aliphatic rings. The van der Waals surface area contributed by atoms with Gasteiger partial charge in [0.25, 0.3) is 0 Å². The van der Waals surface area contributed by atoms with Crippen molar-refractivity contribution in [3.05, 3.63) is 59.5 Å². The number of nitriles is 1. The number of furan rings is 1. The number of nitrogens with one attached hydrogen (secondary N) is 1. The summed E-state index contributed by atoms with van der Waals surface area (Å²) in [7, 11) is 0. The van der Waals surface area contributed by atoms with E-state index in [0.717, 1.165) is 11.3 Å². The highest BCUT2D eigenvalue weighted by Crippen LogP contribution is 2.04. The Morgan fingerprint density at radius 1 is 1.26 bits per heavy atom. The molecule has 0 saturated heterocycles. The number of hydrogen-bond donors (Lipinski definition) is 1. The van der Waals surface area contributed by atoms with E-state index in [0.29, 0.717) is 24.9 Å². The molecular formula is C15H14N2O2. The van der Waals surface area contributed by atoms with E-state index >= 15 is 0 Å². The first-order valence-corrected chi connectivity index (χ1v) is 6.06. The molecule has 0 saturated carbocycles. The minimum Gasteiger partial charge on any atom is -0.469 e. The van der Waals surface area contributed by atoms with Crippen LogP contribution in [0.2, 0.25) is 0 Å². The van der Waals surface area contributed by atoms with E-state index in [9.17, 15) is 4.79 Å². The zero-order valence-corrected chi connectivity index (χ0v) is 10.4. The summed E-state index contributed by atoms with van der Waals surface area (Å²) in [5, 5.41) is 11.5. The standard InChI is InChI=1S/C15H14N2O2/c16-11-13-5-3-12(4-6-13)10-15(18)17-8-7-14-2-1-9-19-14/h1-6,9H,7-8,10H2,(H,17,18). The highest BCUT2D eigenvalue weighted by molar-refractivity contribution is 5.78. The molecular weight excluding hydrogens is 240 g/mol. The lowest BCUT2D eigenvalue weighted by Gasteiger charge is -2.04. The predicted octanol–water partition coefficient (Wildman–Crippen LogP) is 2.05. The van der Waals surface area contributed by atoms with Crippen LogP contribution in [0.5, 0.6) is 0 Å². The van der Waals surface area contributed by atoms with Crippen molar-refractivity contribution in [2.45, 2.75) is 12.8 Å². The van der Waals surface area contributed by atoms with Crippen LogP contribution < -0.4 is 5.32 Å². The monoisotopic (exact) mass is 254 g/mol. The molecule has 0 atom stereocenters. The molecule has 4 nitrogen and oxygen atoms in total. The second-order valence-electron chi connectivity index (χ2n) is 4.16. The van der Waals surface area contributed by atoms with Crippen LogP contribution in [0, 0.1) is 11.3 Å². The Kier molecular flexibility index (Phi) is 4.35. The third-order valence-corrected chi connectivity index (χ3v) is 2.72. The largest absolute Gasteiger partial charge is 0.469 e. The SMILES string of the molecule is N#Cc1ccc(CC(=O)NCCc2ccco2)cc1. The lowest BCUT2D eigenvalue weighted by molar-refractivity contribution is -0.120. The quantitative estimate of drug-likeness (QED) is 0.888. The minimum atomic E-state index is -0.0312. The zero-order chi connectivity index (χ0) is 13.5. The molecule has 0 bridgehead atoms. The number of hydrogen-bond acceptors (Lipinski definition) is 3. The molecule has 0 radical (unpaired) electrons. The smallest absolute Gasteiger partial charge is 0.224 e. The van der Waals surface area contributed by atoms with Gasteiger partial charge in [-0.1, -0.05) is 12.1 Å². The van der Waals surface area contributed by atoms with E-state index in [4.69, 9.17) is 9.68 Å². The van der Waals surface area contributed by atoms with Gasteiger partial charge in [0.15, 0.2) is 0 Å². The molecule has 1 aromatic carbocycles. The molecule has 0 aliphatic carbocycles. The second-order valence-corrected chi connectivity index (χ2v) is 4.16. The molecule has 1 heterocycles. The van der Waals surface area contributed by atoms with Gasteiger partial charge in [-0.05, 0) is 29.8 Å². The average Bonchev–Trinajstić information content (AvgIpc) is 2.93. The van der Waals surface area contributed by atoms with Crippen molar-refractivity contribution in [3.8, 4) is 6.07 Å². The molecule has 0 spiro atoms. The van der Waals surface area contributed by atoms with Crippen molar-refractivity contribution >= 4 is 5.91 Å². The predicted molar refractivity (Wildman–Crippen MR) is 70.3 cm³/mol. The first-order chi connectivity index (χ1) is 9.28. The van der Waals surface area contributed by atoms with E-state index in [1.165, 1.54) is 0 Å². The number of nitrogens with zero attached hydrogens (tertiary/aromatic N) is 1. The normalized spacial score (nSPS) is 9.84. The van der Waals surface area contributed by atoms with E-state index in [2.05, 4.69) is 5.32 Å². The van der Waals surface area contributed by atoms with E-state index in [1.54, 1.807) is 30.5 Å². The lowest BCUT2D eigenvalue weighted by Crippen LogP contribution is -2.27. The fourth-order valence-electron chi connectivity index (χ4n) is 1.72. The van der Waals surface area contributed by atoms with Crippen LogP contribution in [0.3, 0.4) is 0 Å². The molecule has 0 aliphatic heterocycles. The highest BCUT2D eigenvalue weighted by atomic mass is 16.3. The maximum atomic E-state index is 11.7. The van der Waals surface area contributed by atoms with E-state index < -0.39 is 0 Å². The Bertz CT molecular complexity index is 565. The molecule has 2 aromatic rings. The summed E-state index contributed by atoms with van der Waals surface area (Å²) < 4.78 is 5.18. The summed E-state index contributed by atoms with van der Waals surface area (Å²) in [5.41, 5.74) is 1.50. The maximum Gasteiger partial charge on any atom is 0.224 e. The van der Waals surface area contributed by atoms with Crippen molar-refractivity contribution in [1.82, 2.24) is 5.32 Å². The summed E-state index contributed by atoms with van der Waals surface area (Å²) >= 11 is 0. The van der Waals surface area contributed by atoms with Crippen molar-refractivity contribution in [1.29, 1.82) is 5.26 Å². The molecule has 96 valence electrons. The van der Waals surface area contributed by atoms with Crippen molar-refractivity contribution in [2.24, 2.45) is 0 Å². The van der Waals surface area contributed by atoms with Gasteiger partial charge < -0.3 is 9.73 Å². The van der Waals surface area contributed by atoms with E-state index in [1.807, 2.05) is 18.2 Å². The van der Waals surface area contributed by atoms with Crippen LogP contribution in [0.4, 0.5) is 0 Å². The maximum absolute atomic E-state index is 11.7. The Labute approximate surface area is 111 Å². The van der Waals surface area contributed by atoms with Gasteiger partial charge in [-0.15, -0.1) is 0 Å². The molecule has 19 heavy (non-hydrogen) atoms. The van der Waals surface area contributed by atoms with Crippen LogP contribution in [0.25, 0.3) is 0 Å². The summed E-state index contributed by atoms with van der Waals surface area (Å²) in [6.45, 7) is 0.558. The van der Waals surface area contributed by atoms with Gasteiger partial charge in [0, 0.05) is 13.0 Å². The number of rotatable bonds is 5. The van der Waals surface area contributed by atoms with Crippen LogP contribution in [0.1, 0.15) is 16.9 Å². The topological polar surface area (TPSA) is 66.0 Å². The fraction of sp³-hybridized carbons (Fsp3) is 0.200. The molecule has 4 heteroatoms. The Hall–Kier alpha value is -2.54. The molecule has 0 unspecified atom stereocenters. The fourth-order valence-corrected chi connectivity index (χ4v) is 1.72. The third kappa shape index (κ3) is 4.00. The third-order valence-electron chi connectivity index (χ3n) is 2.72. The van der Waals surface area contributed by atoms with Gasteiger partial charge >= 0.3 is 0 Å². The van der Waals surface area contributed by atoms with Crippen LogP contribution in [-0.4, -0.2) is 12.5 Å². The zero-order valence-electron chi connectivity index (χ0n) is 10.4. The Morgan fingerprint density at radius 3 is 2.68 bits per heavy atom. The summed E-state index contributed by atoms with van der Waals surface area (Å²) in [5.74, 6) is 0.829. The number of amides is 1. The number of benzene rings is 1. The van der Waals surface area contributed by atoms with Gasteiger partial charge in [-0.25, -0.2) is 0 Å². The van der Waals surface area contributed by atoms with E-state index in [-0.39, 0.29) is 5.91 Å². The van der Waals surface area contributed by atoms with Gasteiger partial charge in [0.05, 0.1) is 24.3 Å². The van der Waals surface area contributed by atoms with Crippen molar-refractivity contribution in [2.75, 3.05) is 6.54 Å².